The van der Waals surface area contributed by atoms with Gasteiger partial charge in [-0.15, -0.1) is 11.3 Å². The van der Waals surface area contributed by atoms with Crippen LogP contribution in [0, 0.1) is 0 Å². The second-order valence-corrected chi connectivity index (χ2v) is 8.90. The molecule has 0 radical (unpaired) electrons. The molecule has 1 N–H and O–H groups in total. The van der Waals surface area contributed by atoms with Crippen LogP contribution in [0.2, 0.25) is 0 Å². The zero-order valence-corrected chi connectivity index (χ0v) is 18.8. The molecule has 0 bridgehead atoms. The lowest BCUT2D eigenvalue weighted by molar-refractivity contribution is 0.121. The average molecular weight is 474 g/mol. The largest absolute Gasteiger partial charge is 0.439 e. The van der Waals surface area contributed by atoms with Gasteiger partial charge in [-0.1, -0.05) is 24.3 Å². The Morgan fingerprint density at radius 3 is 2.62 bits per heavy atom. The molecule has 1 saturated heterocycles. The van der Waals surface area contributed by atoms with Gasteiger partial charge in [-0.2, -0.15) is 0 Å². The van der Waals surface area contributed by atoms with E-state index in [1.807, 2.05) is 28.5 Å². The van der Waals surface area contributed by atoms with Gasteiger partial charge in [-0.3, -0.25) is 19.1 Å². The molecule has 6 rings (SSSR count). The highest BCUT2D eigenvalue weighted by Crippen LogP contribution is 2.35. The fraction of sp³-hybridized carbons (Fsp3) is 0.160. The number of anilines is 1. The first-order valence-electron chi connectivity index (χ1n) is 10.8. The number of morpholine rings is 1. The first kappa shape index (κ1) is 20.6. The van der Waals surface area contributed by atoms with E-state index in [0.717, 1.165) is 11.1 Å². The summed E-state index contributed by atoms with van der Waals surface area (Å²) < 4.78 is 13.7. The predicted molar refractivity (Wildman–Crippen MR) is 133 cm³/mol. The van der Waals surface area contributed by atoms with Crippen LogP contribution in [0.1, 0.15) is 0 Å². The van der Waals surface area contributed by atoms with Crippen LogP contribution in [0.3, 0.4) is 0 Å². The smallest absolute Gasteiger partial charge is 0.333 e. The molecule has 4 heterocycles. The highest BCUT2D eigenvalue weighted by atomic mass is 32.1. The SMILES string of the molecule is O=c1[nH]c(=O)n(-c2cccc(-c3csc4c(=O)cc(N5CCOCC5)oc34)c2)c2ccccc12. The van der Waals surface area contributed by atoms with Gasteiger partial charge in [-0.25, -0.2) is 4.79 Å². The summed E-state index contributed by atoms with van der Waals surface area (Å²) in [7, 11) is 0. The molecule has 1 aliphatic rings. The van der Waals surface area contributed by atoms with Gasteiger partial charge in [-0.05, 0) is 29.8 Å². The number of rotatable bonds is 3. The molecule has 1 aliphatic heterocycles. The van der Waals surface area contributed by atoms with E-state index in [-0.39, 0.29) is 5.43 Å². The van der Waals surface area contributed by atoms with Crippen LogP contribution < -0.4 is 21.6 Å². The van der Waals surface area contributed by atoms with Gasteiger partial charge in [0.15, 0.2) is 11.5 Å². The predicted octanol–water partition coefficient (Wildman–Crippen LogP) is 3.35. The lowest BCUT2D eigenvalue weighted by atomic mass is 10.1. The molecule has 5 aromatic rings. The molecule has 0 aliphatic carbocycles. The summed E-state index contributed by atoms with van der Waals surface area (Å²) >= 11 is 1.33. The van der Waals surface area contributed by atoms with Crippen LogP contribution in [0.15, 0.2) is 78.8 Å². The summed E-state index contributed by atoms with van der Waals surface area (Å²) in [5.41, 5.74) is 2.19. The molecule has 0 unspecified atom stereocenters. The quantitative estimate of drug-likeness (QED) is 0.432. The standard InChI is InChI=1S/C25H19N3O5S/c29-20-13-21(27-8-10-32-11-9-27)33-22-18(14-34-23(20)22)15-4-3-5-16(12-15)28-19-7-2-1-6-17(19)24(30)26-25(28)31/h1-7,12-14H,8-11H2,(H,26,30,31). The number of hydrogen-bond donors (Lipinski definition) is 1. The lowest BCUT2D eigenvalue weighted by Gasteiger charge is -2.27. The highest BCUT2D eigenvalue weighted by Gasteiger charge is 2.19. The lowest BCUT2D eigenvalue weighted by Crippen LogP contribution is -2.36. The van der Waals surface area contributed by atoms with Crippen molar-refractivity contribution in [1.29, 1.82) is 0 Å². The van der Waals surface area contributed by atoms with Gasteiger partial charge < -0.3 is 14.1 Å². The topological polar surface area (TPSA) is 97.5 Å². The van der Waals surface area contributed by atoms with Crippen molar-refractivity contribution in [2.75, 3.05) is 31.2 Å². The van der Waals surface area contributed by atoms with Crippen LogP contribution in [-0.4, -0.2) is 35.9 Å². The summed E-state index contributed by atoms with van der Waals surface area (Å²) in [5, 5.41) is 2.32. The van der Waals surface area contributed by atoms with E-state index >= 15 is 0 Å². The number of aromatic nitrogens is 2. The second-order valence-electron chi connectivity index (χ2n) is 8.02. The fourth-order valence-electron chi connectivity index (χ4n) is 4.33. The number of fused-ring (bicyclic) bond motifs is 2. The molecule has 2 aromatic carbocycles. The van der Waals surface area contributed by atoms with E-state index in [9.17, 15) is 14.4 Å². The Balaban J connectivity index is 1.52. The van der Waals surface area contributed by atoms with E-state index in [1.54, 1.807) is 30.3 Å². The summed E-state index contributed by atoms with van der Waals surface area (Å²) in [5.74, 6) is 0.527. The maximum Gasteiger partial charge on any atom is 0.333 e. The molecule has 170 valence electrons. The highest BCUT2D eigenvalue weighted by molar-refractivity contribution is 7.17. The third-order valence-corrected chi connectivity index (χ3v) is 6.96. The Hall–Kier alpha value is -3.95. The van der Waals surface area contributed by atoms with Gasteiger partial charge in [0.1, 0.15) is 4.70 Å². The zero-order chi connectivity index (χ0) is 23.2. The second kappa shape index (κ2) is 8.12. The fourth-order valence-corrected chi connectivity index (χ4v) is 5.24. The molecule has 0 atom stereocenters. The Labute approximate surface area is 196 Å². The molecule has 0 amide bonds. The monoisotopic (exact) mass is 473 g/mol. The van der Waals surface area contributed by atoms with Crippen LogP contribution in [-0.2, 0) is 4.74 Å². The molecular weight excluding hydrogens is 454 g/mol. The normalized spacial score (nSPS) is 14.2. The van der Waals surface area contributed by atoms with Gasteiger partial charge in [0.05, 0.1) is 29.8 Å². The molecule has 1 fully saturated rings. The molecule has 0 spiro atoms. The number of H-pyrrole nitrogens is 1. The number of nitrogens with one attached hydrogen (secondary N) is 1. The maximum atomic E-state index is 12.8. The van der Waals surface area contributed by atoms with Crippen molar-refractivity contribution in [1.82, 2.24) is 9.55 Å². The van der Waals surface area contributed by atoms with E-state index in [0.29, 0.717) is 59.1 Å². The minimum atomic E-state index is -0.517. The molecule has 3 aromatic heterocycles. The average Bonchev–Trinajstić information content (AvgIpc) is 3.30. The van der Waals surface area contributed by atoms with Gasteiger partial charge >= 0.3 is 5.69 Å². The van der Waals surface area contributed by atoms with Gasteiger partial charge in [0, 0.05) is 30.1 Å². The van der Waals surface area contributed by atoms with E-state index in [4.69, 9.17) is 9.15 Å². The number of aromatic amines is 1. The number of para-hydroxylation sites is 1. The molecule has 0 saturated carbocycles. The first-order chi connectivity index (χ1) is 16.6. The molecule has 8 nitrogen and oxygen atoms in total. The van der Waals surface area contributed by atoms with Crippen molar-refractivity contribution in [3.63, 3.8) is 0 Å². The van der Waals surface area contributed by atoms with Crippen LogP contribution in [0.25, 0.3) is 38.0 Å². The number of hydrogen-bond acceptors (Lipinski definition) is 7. The molecule has 34 heavy (non-hydrogen) atoms. The van der Waals surface area contributed by atoms with Crippen LogP contribution in [0.4, 0.5) is 5.88 Å². The summed E-state index contributed by atoms with van der Waals surface area (Å²) in [6.45, 7) is 2.49. The third-order valence-electron chi connectivity index (χ3n) is 5.98. The Bertz CT molecular complexity index is 1720. The first-order valence-corrected chi connectivity index (χ1v) is 11.7. The number of benzene rings is 2. The number of ether oxygens (including phenoxy) is 1. The number of thiophene rings is 1. The van der Waals surface area contributed by atoms with Gasteiger partial charge in [0.25, 0.3) is 5.56 Å². The number of nitrogens with zero attached hydrogens (tertiary/aromatic N) is 2. The van der Waals surface area contributed by atoms with Gasteiger partial charge in [0.2, 0.25) is 5.43 Å². The summed E-state index contributed by atoms with van der Waals surface area (Å²) in [4.78, 5) is 42.2. The van der Waals surface area contributed by atoms with Crippen molar-refractivity contribution < 1.29 is 9.15 Å². The third kappa shape index (κ3) is 3.37. The van der Waals surface area contributed by atoms with Crippen molar-refractivity contribution in [3.05, 3.63) is 91.0 Å². The van der Waals surface area contributed by atoms with E-state index < -0.39 is 11.2 Å². The van der Waals surface area contributed by atoms with Crippen molar-refractivity contribution in [3.8, 4) is 16.8 Å². The molecular formula is C25H19N3O5S. The Kier molecular flexibility index (Phi) is 4.93. The van der Waals surface area contributed by atoms with Crippen molar-refractivity contribution in [2.45, 2.75) is 0 Å². The van der Waals surface area contributed by atoms with Crippen molar-refractivity contribution in [2.24, 2.45) is 0 Å². The maximum absolute atomic E-state index is 12.8. The van der Waals surface area contributed by atoms with E-state index in [1.165, 1.54) is 22.0 Å². The van der Waals surface area contributed by atoms with E-state index in [2.05, 4.69) is 4.98 Å². The Morgan fingerprint density at radius 2 is 1.76 bits per heavy atom. The zero-order valence-electron chi connectivity index (χ0n) is 17.9. The Morgan fingerprint density at radius 1 is 0.941 bits per heavy atom. The minimum Gasteiger partial charge on any atom is -0.439 e. The van der Waals surface area contributed by atoms with Crippen molar-refractivity contribution >= 4 is 38.4 Å². The summed E-state index contributed by atoms with van der Waals surface area (Å²) in [6, 6.07) is 15.9. The molecule has 9 heteroatoms. The minimum absolute atomic E-state index is 0.0852. The van der Waals surface area contributed by atoms with Crippen LogP contribution >= 0.6 is 11.3 Å². The van der Waals surface area contributed by atoms with Crippen LogP contribution in [0.5, 0.6) is 0 Å². The summed E-state index contributed by atoms with van der Waals surface area (Å²) in [6.07, 6.45) is 0.